The van der Waals surface area contributed by atoms with E-state index in [0.29, 0.717) is 5.02 Å². The average molecular weight is 492 g/mol. The molecule has 1 N–H and O–H groups in total. The summed E-state index contributed by atoms with van der Waals surface area (Å²) in [5.74, 6) is -3.20. The molecule has 30 heavy (non-hydrogen) atoms. The standard InChI is InChI=1S/C18H10Cl4N2O6/c19-9-5-6-12-13(7-9)30-18(29-12,17(20,21)22)23-16(27)28-8-24-14(25)10-3-1-2-4-11(10)15(24)26/h1-7H,8H2,(H,23,27). The number of ether oxygens (including phenoxy) is 3. The maximum Gasteiger partial charge on any atom is 0.414 e. The third-order valence-corrected chi connectivity index (χ3v) is 5.24. The van der Waals surface area contributed by atoms with Crippen LogP contribution in [0.4, 0.5) is 4.79 Å². The highest BCUT2D eigenvalue weighted by Gasteiger charge is 2.60. The van der Waals surface area contributed by atoms with Crippen LogP contribution in [-0.2, 0) is 4.74 Å². The smallest absolute Gasteiger partial charge is 0.414 e. The molecule has 156 valence electrons. The Morgan fingerprint density at radius 1 is 1.03 bits per heavy atom. The molecule has 2 heterocycles. The van der Waals surface area contributed by atoms with Gasteiger partial charge >= 0.3 is 12.0 Å². The van der Waals surface area contributed by atoms with Crippen LogP contribution >= 0.6 is 46.4 Å². The first-order valence-corrected chi connectivity index (χ1v) is 9.77. The molecule has 2 aromatic rings. The van der Waals surface area contributed by atoms with Crippen molar-refractivity contribution in [1.82, 2.24) is 10.2 Å². The summed E-state index contributed by atoms with van der Waals surface area (Å²) >= 11 is 23.8. The normalized spacial score (nSPS) is 19.7. The maximum atomic E-state index is 12.4. The Kier molecular flexibility index (Phi) is 5.14. The number of amides is 3. The molecule has 2 aliphatic heterocycles. The lowest BCUT2D eigenvalue weighted by Gasteiger charge is -2.33. The number of hydrogen-bond donors (Lipinski definition) is 1. The first kappa shape index (κ1) is 20.9. The molecule has 0 bridgehead atoms. The van der Waals surface area contributed by atoms with E-state index in [-0.39, 0.29) is 22.6 Å². The van der Waals surface area contributed by atoms with Gasteiger partial charge in [-0.3, -0.25) is 9.59 Å². The number of alkyl carbamates (subject to hydrolysis) is 1. The van der Waals surface area contributed by atoms with Crippen molar-refractivity contribution < 1.29 is 28.6 Å². The number of nitrogens with zero attached hydrogens (tertiary/aromatic N) is 1. The number of alkyl halides is 3. The van der Waals surface area contributed by atoms with E-state index in [0.717, 1.165) is 4.90 Å². The Hall–Kier alpha value is -2.39. The molecule has 1 atom stereocenters. The number of benzene rings is 2. The van der Waals surface area contributed by atoms with E-state index in [4.69, 9.17) is 60.6 Å². The Labute approximate surface area is 189 Å². The minimum absolute atomic E-state index is 0.120. The summed E-state index contributed by atoms with van der Waals surface area (Å²) in [6.07, 6.45) is -1.17. The van der Waals surface area contributed by atoms with E-state index in [1.54, 1.807) is 12.1 Å². The van der Waals surface area contributed by atoms with E-state index in [1.165, 1.54) is 30.3 Å². The van der Waals surface area contributed by atoms with Crippen LogP contribution in [0.15, 0.2) is 42.5 Å². The molecule has 0 radical (unpaired) electrons. The Morgan fingerprint density at radius 3 is 2.23 bits per heavy atom. The summed E-state index contributed by atoms with van der Waals surface area (Å²) in [4.78, 5) is 37.8. The number of halogens is 4. The zero-order chi connectivity index (χ0) is 21.7. The SMILES string of the molecule is O=C(NC1(C(Cl)(Cl)Cl)Oc2ccc(Cl)cc2O1)OCN1C(=O)c2ccccc2C1=O. The van der Waals surface area contributed by atoms with Crippen molar-refractivity contribution in [1.29, 1.82) is 0 Å². The van der Waals surface area contributed by atoms with Crippen LogP contribution in [0.1, 0.15) is 20.7 Å². The molecule has 0 saturated heterocycles. The highest BCUT2D eigenvalue weighted by molar-refractivity contribution is 6.68. The van der Waals surface area contributed by atoms with Crippen LogP contribution in [0, 0.1) is 0 Å². The van der Waals surface area contributed by atoms with Crippen LogP contribution < -0.4 is 14.8 Å². The number of imide groups is 1. The highest BCUT2D eigenvalue weighted by Crippen LogP contribution is 2.49. The van der Waals surface area contributed by atoms with Crippen molar-refractivity contribution in [3.8, 4) is 11.5 Å². The van der Waals surface area contributed by atoms with E-state index < -0.39 is 34.3 Å². The fourth-order valence-corrected chi connectivity index (χ4v) is 3.40. The quantitative estimate of drug-likeness (QED) is 0.512. The van der Waals surface area contributed by atoms with Gasteiger partial charge in [-0.15, -0.1) is 0 Å². The molecule has 0 saturated carbocycles. The van der Waals surface area contributed by atoms with Gasteiger partial charge in [0.25, 0.3) is 15.6 Å². The largest absolute Gasteiger partial charge is 0.428 e. The molecule has 2 aliphatic rings. The van der Waals surface area contributed by atoms with Gasteiger partial charge in [-0.1, -0.05) is 58.5 Å². The number of nitrogens with one attached hydrogen (secondary N) is 1. The second kappa shape index (κ2) is 7.39. The van der Waals surface area contributed by atoms with E-state index in [1.807, 2.05) is 0 Å². The lowest BCUT2D eigenvalue weighted by Crippen LogP contribution is -2.63. The minimum atomic E-state index is -2.30. The summed E-state index contributed by atoms with van der Waals surface area (Å²) in [7, 11) is 0. The minimum Gasteiger partial charge on any atom is -0.428 e. The summed E-state index contributed by atoms with van der Waals surface area (Å²) in [5.41, 5.74) is 0.415. The topological polar surface area (TPSA) is 94.2 Å². The lowest BCUT2D eigenvalue weighted by atomic mass is 10.1. The molecular formula is C18H10Cl4N2O6. The zero-order valence-corrected chi connectivity index (χ0v) is 17.7. The first-order chi connectivity index (χ1) is 14.1. The van der Waals surface area contributed by atoms with Gasteiger partial charge in [-0.25, -0.2) is 15.0 Å². The molecule has 0 aromatic heterocycles. The van der Waals surface area contributed by atoms with Crippen molar-refractivity contribution in [3.05, 3.63) is 58.6 Å². The molecule has 0 aliphatic carbocycles. The molecular weight excluding hydrogens is 482 g/mol. The van der Waals surface area contributed by atoms with Crippen LogP contribution in [0.2, 0.25) is 5.02 Å². The number of hydrogen-bond acceptors (Lipinski definition) is 6. The number of rotatable bonds is 3. The van der Waals surface area contributed by atoms with Gasteiger partial charge in [0.1, 0.15) is 0 Å². The lowest BCUT2D eigenvalue weighted by molar-refractivity contribution is -0.100. The fraction of sp³-hybridized carbons (Fsp3) is 0.167. The average Bonchev–Trinajstić information content (AvgIpc) is 3.16. The maximum absolute atomic E-state index is 12.4. The van der Waals surface area contributed by atoms with Crippen molar-refractivity contribution in [3.63, 3.8) is 0 Å². The molecule has 3 amide bonds. The van der Waals surface area contributed by atoms with Gasteiger partial charge < -0.3 is 14.2 Å². The molecule has 12 heteroatoms. The molecule has 8 nitrogen and oxygen atoms in total. The zero-order valence-electron chi connectivity index (χ0n) is 14.7. The van der Waals surface area contributed by atoms with Gasteiger partial charge in [-0.2, -0.15) is 0 Å². The van der Waals surface area contributed by atoms with E-state index >= 15 is 0 Å². The highest BCUT2D eigenvalue weighted by atomic mass is 35.6. The summed E-state index contributed by atoms with van der Waals surface area (Å²) in [5, 5.41) is 2.50. The van der Waals surface area contributed by atoms with Crippen LogP contribution in [0.5, 0.6) is 11.5 Å². The Morgan fingerprint density at radius 2 is 1.63 bits per heavy atom. The fourth-order valence-electron chi connectivity index (χ4n) is 2.86. The van der Waals surface area contributed by atoms with Gasteiger partial charge in [0.05, 0.1) is 11.1 Å². The van der Waals surface area contributed by atoms with E-state index in [2.05, 4.69) is 5.32 Å². The van der Waals surface area contributed by atoms with Gasteiger partial charge in [0.2, 0.25) is 0 Å². The third kappa shape index (κ3) is 3.50. The summed E-state index contributed by atoms with van der Waals surface area (Å²) in [6.45, 7) is -0.674. The van der Waals surface area contributed by atoms with Gasteiger partial charge in [0.15, 0.2) is 18.2 Å². The molecule has 4 rings (SSSR count). The molecule has 2 aromatic carbocycles. The third-order valence-electron chi connectivity index (χ3n) is 4.26. The number of carbonyl (C=O) groups excluding carboxylic acids is 3. The number of carbonyl (C=O) groups is 3. The van der Waals surface area contributed by atoms with Gasteiger partial charge in [0, 0.05) is 11.1 Å². The van der Waals surface area contributed by atoms with Crippen molar-refractivity contribution in [2.45, 2.75) is 9.70 Å². The molecule has 1 unspecified atom stereocenters. The predicted octanol–water partition coefficient (Wildman–Crippen LogP) is 4.12. The second-order valence-corrected chi connectivity index (χ2v) is 8.90. The van der Waals surface area contributed by atoms with Crippen LogP contribution in [0.3, 0.4) is 0 Å². The molecule has 0 fully saturated rings. The Bertz CT molecular complexity index is 1040. The molecule has 0 spiro atoms. The summed E-state index contributed by atoms with van der Waals surface area (Å²) < 4.78 is 13.7. The Balaban J connectivity index is 1.47. The predicted molar refractivity (Wildman–Crippen MR) is 107 cm³/mol. The van der Waals surface area contributed by atoms with E-state index in [9.17, 15) is 14.4 Å². The van der Waals surface area contributed by atoms with Crippen molar-refractivity contribution >= 4 is 64.3 Å². The van der Waals surface area contributed by atoms with Crippen LogP contribution in [0.25, 0.3) is 0 Å². The first-order valence-electron chi connectivity index (χ1n) is 8.26. The van der Waals surface area contributed by atoms with Crippen molar-refractivity contribution in [2.24, 2.45) is 0 Å². The van der Waals surface area contributed by atoms with Gasteiger partial charge in [-0.05, 0) is 24.3 Å². The summed E-state index contributed by atoms with van der Waals surface area (Å²) in [6, 6.07) is 10.6. The monoisotopic (exact) mass is 490 g/mol. The van der Waals surface area contributed by atoms with Crippen LogP contribution in [-0.4, -0.2) is 39.2 Å². The number of fused-ring (bicyclic) bond motifs is 2. The second-order valence-electron chi connectivity index (χ2n) is 6.18. The van der Waals surface area contributed by atoms with Crippen molar-refractivity contribution in [2.75, 3.05) is 6.73 Å².